The van der Waals surface area contributed by atoms with E-state index in [1.54, 1.807) is 17.0 Å². The number of benzene rings is 1. The van der Waals surface area contributed by atoms with Gasteiger partial charge in [-0.1, -0.05) is 36.1 Å². The van der Waals surface area contributed by atoms with E-state index in [4.69, 9.17) is 17.3 Å². The van der Waals surface area contributed by atoms with E-state index >= 15 is 0 Å². The van der Waals surface area contributed by atoms with Crippen molar-refractivity contribution in [2.45, 2.75) is 12.8 Å². The van der Waals surface area contributed by atoms with Crippen molar-refractivity contribution in [2.75, 3.05) is 6.54 Å². The van der Waals surface area contributed by atoms with Crippen LogP contribution in [0.1, 0.15) is 18.4 Å². The zero-order valence-electron chi connectivity index (χ0n) is 13.2. The second-order valence-corrected chi connectivity index (χ2v) is 7.05. The lowest BCUT2D eigenvalue weighted by Gasteiger charge is -2.13. The van der Waals surface area contributed by atoms with Crippen molar-refractivity contribution in [3.8, 4) is 5.69 Å². The van der Waals surface area contributed by atoms with Gasteiger partial charge < -0.3 is 5.11 Å². The Kier molecular flexibility index (Phi) is 5.30. The molecular weight excluding hydrogens is 358 g/mol. The Morgan fingerprint density at radius 3 is 2.72 bits per heavy atom. The van der Waals surface area contributed by atoms with Crippen LogP contribution in [0.15, 0.2) is 47.6 Å². The number of aromatic nitrogens is 2. The van der Waals surface area contributed by atoms with Crippen LogP contribution in [0.25, 0.3) is 11.8 Å². The van der Waals surface area contributed by atoms with Gasteiger partial charge in [0.05, 0.1) is 10.6 Å². The number of amides is 1. The van der Waals surface area contributed by atoms with Crippen LogP contribution in [0.4, 0.5) is 0 Å². The Morgan fingerprint density at radius 2 is 2.08 bits per heavy atom. The van der Waals surface area contributed by atoms with Crippen molar-refractivity contribution in [2.24, 2.45) is 0 Å². The molecule has 1 N–H and O–H groups in total. The molecule has 3 rings (SSSR count). The van der Waals surface area contributed by atoms with E-state index < -0.39 is 5.97 Å². The average molecular weight is 373 g/mol. The molecule has 0 saturated carbocycles. The normalized spacial score (nSPS) is 16.0. The van der Waals surface area contributed by atoms with E-state index in [1.807, 2.05) is 36.5 Å². The van der Waals surface area contributed by atoms with Crippen molar-refractivity contribution >= 4 is 46.3 Å². The maximum absolute atomic E-state index is 12.4. The van der Waals surface area contributed by atoms with Gasteiger partial charge >= 0.3 is 5.97 Å². The molecule has 2 aromatic rings. The van der Waals surface area contributed by atoms with E-state index in [0.717, 1.165) is 11.3 Å². The van der Waals surface area contributed by atoms with Gasteiger partial charge in [0.15, 0.2) is 0 Å². The molecule has 0 unspecified atom stereocenters. The summed E-state index contributed by atoms with van der Waals surface area (Å²) < 4.78 is 2.22. The van der Waals surface area contributed by atoms with Crippen molar-refractivity contribution < 1.29 is 14.7 Å². The molecule has 1 aromatic heterocycles. The average Bonchev–Trinajstić information content (AvgIpc) is 3.20. The highest BCUT2D eigenvalue weighted by Crippen LogP contribution is 2.32. The number of hydrogen-bond acceptors (Lipinski definition) is 5. The third-order valence-corrected chi connectivity index (χ3v) is 4.98. The molecule has 2 heterocycles. The largest absolute Gasteiger partial charge is 0.481 e. The summed E-state index contributed by atoms with van der Waals surface area (Å²) in [4.78, 5) is 25.0. The number of carboxylic acids is 1. The summed E-state index contributed by atoms with van der Waals surface area (Å²) in [6.45, 7) is 0.326. The van der Waals surface area contributed by atoms with E-state index in [-0.39, 0.29) is 12.3 Å². The number of carbonyl (C=O) groups excluding carboxylic acids is 1. The first-order valence-electron chi connectivity index (χ1n) is 7.62. The summed E-state index contributed by atoms with van der Waals surface area (Å²) in [6, 6.07) is 9.52. The molecule has 0 aliphatic carbocycles. The number of nitrogens with zero attached hydrogens (tertiary/aromatic N) is 3. The standard InChI is InChI=1S/C17H15N3O3S2/c21-15(22)3-1-9-19-16(23)14(25-17(19)24)11-12-4-6-13(7-5-12)20-10-2-8-18-20/h2,4-8,10-11H,1,3,9H2,(H,21,22)/b14-11-. The Hall–Kier alpha value is -2.45. The number of hydrogen-bond donors (Lipinski definition) is 1. The minimum Gasteiger partial charge on any atom is -0.481 e. The summed E-state index contributed by atoms with van der Waals surface area (Å²) in [6.07, 6.45) is 5.77. The Balaban J connectivity index is 1.70. The van der Waals surface area contributed by atoms with Crippen LogP contribution >= 0.6 is 24.0 Å². The molecule has 1 aliphatic rings. The first kappa shape index (κ1) is 17.4. The number of rotatable bonds is 6. The monoisotopic (exact) mass is 373 g/mol. The minimum absolute atomic E-state index is 0.0188. The molecule has 1 aliphatic heterocycles. The second kappa shape index (κ2) is 7.62. The maximum atomic E-state index is 12.4. The van der Waals surface area contributed by atoms with Crippen LogP contribution in [0.3, 0.4) is 0 Å². The van der Waals surface area contributed by atoms with Crippen molar-refractivity contribution in [3.05, 3.63) is 53.2 Å². The zero-order chi connectivity index (χ0) is 17.8. The topological polar surface area (TPSA) is 75.4 Å². The molecule has 8 heteroatoms. The molecule has 0 spiro atoms. The van der Waals surface area contributed by atoms with Gasteiger partial charge in [0.1, 0.15) is 4.32 Å². The SMILES string of the molecule is O=C(O)CCCN1C(=O)/C(=C/c2ccc(-n3cccn3)cc2)SC1=S. The third kappa shape index (κ3) is 4.15. The van der Waals surface area contributed by atoms with E-state index in [2.05, 4.69) is 5.10 Å². The van der Waals surface area contributed by atoms with E-state index in [1.165, 1.54) is 16.7 Å². The second-order valence-electron chi connectivity index (χ2n) is 5.37. The van der Waals surface area contributed by atoms with Gasteiger partial charge in [-0.25, -0.2) is 4.68 Å². The third-order valence-electron chi connectivity index (χ3n) is 3.61. The van der Waals surface area contributed by atoms with Gasteiger partial charge in [0, 0.05) is 25.4 Å². The van der Waals surface area contributed by atoms with Crippen LogP contribution in [0.5, 0.6) is 0 Å². The lowest BCUT2D eigenvalue weighted by Crippen LogP contribution is -2.29. The summed E-state index contributed by atoms with van der Waals surface area (Å²) in [5.74, 6) is -1.05. The molecule has 0 bridgehead atoms. The molecule has 128 valence electrons. The summed E-state index contributed by atoms with van der Waals surface area (Å²) in [5.41, 5.74) is 1.82. The van der Waals surface area contributed by atoms with Crippen LogP contribution in [-0.4, -0.2) is 42.5 Å². The number of thiocarbonyl (C=S) groups is 1. The Morgan fingerprint density at radius 1 is 1.32 bits per heavy atom. The smallest absolute Gasteiger partial charge is 0.303 e. The quantitative estimate of drug-likeness (QED) is 0.620. The van der Waals surface area contributed by atoms with Crippen LogP contribution in [0.2, 0.25) is 0 Å². The zero-order valence-corrected chi connectivity index (χ0v) is 14.8. The lowest BCUT2D eigenvalue weighted by molar-refractivity contribution is -0.137. The molecular formula is C17H15N3O3S2. The van der Waals surface area contributed by atoms with E-state index in [0.29, 0.717) is 22.2 Å². The Labute approximate surface area is 154 Å². The van der Waals surface area contributed by atoms with Gasteiger partial charge in [-0.15, -0.1) is 0 Å². The van der Waals surface area contributed by atoms with E-state index in [9.17, 15) is 9.59 Å². The molecule has 1 aromatic carbocycles. The van der Waals surface area contributed by atoms with Crippen molar-refractivity contribution in [1.29, 1.82) is 0 Å². The highest BCUT2D eigenvalue weighted by atomic mass is 32.2. The van der Waals surface area contributed by atoms with Crippen LogP contribution < -0.4 is 0 Å². The summed E-state index contributed by atoms with van der Waals surface area (Å²) in [5, 5.41) is 12.9. The molecule has 1 saturated heterocycles. The van der Waals surface area contributed by atoms with Crippen LogP contribution in [-0.2, 0) is 9.59 Å². The fourth-order valence-electron chi connectivity index (χ4n) is 2.38. The number of aliphatic carboxylic acids is 1. The van der Waals surface area contributed by atoms with Gasteiger partial charge in [0.25, 0.3) is 5.91 Å². The fraction of sp³-hybridized carbons (Fsp3) is 0.176. The highest BCUT2D eigenvalue weighted by molar-refractivity contribution is 8.26. The molecule has 1 fully saturated rings. The van der Waals surface area contributed by atoms with Crippen LogP contribution in [0, 0.1) is 0 Å². The van der Waals surface area contributed by atoms with Gasteiger partial charge in [-0.05, 0) is 36.3 Å². The first-order chi connectivity index (χ1) is 12.0. The molecule has 1 amide bonds. The van der Waals surface area contributed by atoms with Gasteiger partial charge in [-0.2, -0.15) is 5.10 Å². The molecule has 0 radical (unpaired) electrons. The predicted octanol–water partition coefficient (Wildman–Crippen LogP) is 2.94. The first-order valence-corrected chi connectivity index (χ1v) is 8.84. The van der Waals surface area contributed by atoms with Gasteiger partial charge in [0.2, 0.25) is 0 Å². The number of thioether (sulfide) groups is 1. The van der Waals surface area contributed by atoms with Gasteiger partial charge in [-0.3, -0.25) is 14.5 Å². The minimum atomic E-state index is -0.877. The molecule has 6 nitrogen and oxygen atoms in total. The maximum Gasteiger partial charge on any atom is 0.303 e. The summed E-state index contributed by atoms with van der Waals surface area (Å²) in [7, 11) is 0. The highest BCUT2D eigenvalue weighted by Gasteiger charge is 2.31. The predicted molar refractivity (Wildman–Crippen MR) is 100 cm³/mol. The molecule has 25 heavy (non-hydrogen) atoms. The van der Waals surface area contributed by atoms with Crippen molar-refractivity contribution in [3.63, 3.8) is 0 Å². The molecule has 0 atom stereocenters. The number of carbonyl (C=O) groups is 2. The number of carboxylic acid groups (broad SMARTS) is 1. The fourth-order valence-corrected chi connectivity index (χ4v) is 3.69. The summed E-state index contributed by atoms with van der Waals surface area (Å²) >= 11 is 6.47. The van der Waals surface area contributed by atoms with Crippen molar-refractivity contribution in [1.82, 2.24) is 14.7 Å². The Bertz CT molecular complexity index is 829. The lowest BCUT2D eigenvalue weighted by atomic mass is 10.2.